The molecule has 1 aromatic heterocycles. The van der Waals surface area contributed by atoms with Gasteiger partial charge in [-0.1, -0.05) is 37.5 Å². The number of amides is 2. The van der Waals surface area contributed by atoms with E-state index in [0.717, 1.165) is 42.3 Å². The first-order chi connectivity index (χ1) is 13.1. The van der Waals surface area contributed by atoms with Gasteiger partial charge in [0.15, 0.2) is 5.13 Å². The Morgan fingerprint density at radius 2 is 2.04 bits per heavy atom. The first kappa shape index (κ1) is 20.1. The number of fused-ring (bicyclic) bond motifs is 1. The quantitative estimate of drug-likeness (QED) is 0.767. The molecule has 1 fully saturated rings. The van der Waals surface area contributed by atoms with Crippen molar-refractivity contribution < 1.29 is 14.3 Å². The van der Waals surface area contributed by atoms with Gasteiger partial charge in [-0.3, -0.25) is 10.1 Å². The van der Waals surface area contributed by atoms with E-state index < -0.39 is 6.09 Å². The highest BCUT2D eigenvalue weighted by atomic mass is 32.1. The van der Waals surface area contributed by atoms with Crippen molar-refractivity contribution in [2.45, 2.75) is 71.8 Å². The number of ether oxygens (including phenoxy) is 1. The summed E-state index contributed by atoms with van der Waals surface area (Å²) in [5.74, 6) is 1.32. The van der Waals surface area contributed by atoms with Gasteiger partial charge in [-0.15, -0.1) is 0 Å². The van der Waals surface area contributed by atoms with Crippen molar-refractivity contribution in [3.8, 4) is 0 Å². The number of hydrogen-bond donors (Lipinski definition) is 1. The molecular weight excluding hydrogens is 362 g/mol. The number of anilines is 1. The zero-order valence-corrected chi connectivity index (χ0v) is 17.3. The summed E-state index contributed by atoms with van der Waals surface area (Å²) in [7, 11) is 0. The maximum absolute atomic E-state index is 13.0. The number of hydrogen-bond acceptors (Lipinski definition) is 5. The lowest BCUT2D eigenvalue weighted by molar-refractivity contribution is -0.137. The Labute approximate surface area is 165 Å². The van der Waals surface area contributed by atoms with E-state index in [0.29, 0.717) is 24.2 Å². The van der Waals surface area contributed by atoms with Gasteiger partial charge in [-0.2, -0.15) is 0 Å². The minimum atomic E-state index is -0.476. The number of thiazole rings is 1. The monoisotopic (exact) mass is 393 g/mol. The molecule has 1 aromatic rings. The maximum atomic E-state index is 13.0. The maximum Gasteiger partial charge on any atom is 0.413 e. The highest BCUT2D eigenvalue weighted by Gasteiger charge is 2.32. The number of carbonyl (C=O) groups is 2. The summed E-state index contributed by atoms with van der Waals surface area (Å²) in [6, 6.07) is 0. The van der Waals surface area contributed by atoms with Gasteiger partial charge in [0.25, 0.3) is 0 Å². The van der Waals surface area contributed by atoms with Crippen LogP contribution in [0.5, 0.6) is 0 Å². The molecular formula is C20H31N3O3S. The number of unbranched alkanes of at least 4 members (excludes halogenated alkanes) is 1. The molecule has 7 heteroatoms. The largest absolute Gasteiger partial charge is 0.450 e. The minimum absolute atomic E-state index is 0.189. The first-order valence-electron chi connectivity index (χ1n) is 10.3. The van der Waals surface area contributed by atoms with Crippen LogP contribution in [0.4, 0.5) is 9.93 Å². The SMILES string of the molecule is CCCCC1CCC(C(=O)N2CCc3nc(NC(=O)OCC)sc3C2)CC1. The normalized spacial score (nSPS) is 22.2. The Balaban J connectivity index is 1.52. The van der Waals surface area contributed by atoms with Crippen LogP contribution in [0.2, 0.25) is 0 Å². The molecule has 0 saturated heterocycles. The average molecular weight is 394 g/mol. The first-order valence-corrected chi connectivity index (χ1v) is 11.1. The topological polar surface area (TPSA) is 71.5 Å². The Kier molecular flexibility index (Phi) is 7.10. The van der Waals surface area contributed by atoms with Gasteiger partial charge in [0, 0.05) is 23.8 Å². The van der Waals surface area contributed by atoms with E-state index >= 15 is 0 Å². The molecule has 27 heavy (non-hydrogen) atoms. The van der Waals surface area contributed by atoms with E-state index in [1.54, 1.807) is 6.92 Å². The van der Waals surface area contributed by atoms with Crippen LogP contribution in [-0.2, 0) is 22.5 Å². The molecule has 1 aliphatic carbocycles. The second-order valence-electron chi connectivity index (χ2n) is 7.60. The Morgan fingerprint density at radius 3 is 2.74 bits per heavy atom. The van der Waals surface area contributed by atoms with Crippen LogP contribution in [0, 0.1) is 11.8 Å². The van der Waals surface area contributed by atoms with Gasteiger partial charge in [-0.05, 0) is 38.5 Å². The highest BCUT2D eigenvalue weighted by molar-refractivity contribution is 7.15. The zero-order valence-electron chi connectivity index (χ0n) is 16.5. The number of nitrogens with one attached hydrogen (secondary N) is 1. The van der Waals surface area contributed by atoms with Crippen LogP contribution >= 0.6 is 11.3 Å². The minimum Gasteiger partial charge on any atom is -0.450 e. The molecule has 0 bridgehead atoms. The summed E-state index contributed by atoms with van der Waals surface area (Å²) in [5.41, 5.74) is 0.999. The molecule has 2 amide bonds. The average Bonchev–Trinajstić information content (AvgIpc) is 3.07. The fourth-order valence-corrected chi connectivity index (χ4v) is 5.15. The summed E-state index contributed by atoms with van der Waals surface area (Å²) in [5, 5.41) is 3.23. The molecule has 1 N–H and O–H groups in total. The third-order valence-electron chi connectivity index (χ3n) is 5.69. The van der Waals surface area contributed by atoms with E-state index in [1.165, 1.54) is 43.4 Å². The summed E-state index contributed by atoms with van der Waals surface area (Å²) < 4.78 is 4.90. The molecule has 2 aliphatic rings. The standard InChI is InChI=1S/C20H31N3O3S/c1-3-5-6-14-7-9-15(10-8-14)18(24)23-12-11-16-17(13-23)27-19(21-16)22-20(25)26-4-2/h14-15H,3-13H2,1-2H3,(H,21,22,25). The molecule has 1 aliphatic heterocycles. The van der Waals surface area contributed by atoms with Crippen LogP contribution in [-0.4, -0.2) is 35.0 Å². The fourth-order valence-electron chi connectivity index (χ4n) is 4.14. The van der Waals surface area contributed by atoms with Crippen molar-refractivity contribution in [3.63, 3.8) is 0 Å². The third-order valence-corrected chi connectivity index (χ3v) is 6.69. The van der Waals surface area contributed by atoms with Gasteiger partial charge in [0.2, 0.25) is 5.91 Å². The summed E-state index contributed by atoms with van der Waals surface area (Å²) >= 11 is 1.45. The van der Waals surface area contributed by atoms with Gasteiger partial charge in [0.1, 0.15) is 0 Å². The number of rotatable bonds is 6. The lowest BCUT2D eigenvalue weighted by Crippen LogP contribution is -2.40. The van der Waals surface area contributed by atoms with Gasteiger partial charge in [-0.25, -0.2) is 9.78 Å². The molecule has 1 saturated carbocycles. The van der Waals surface area contributed by atoms with Gasteiger partial charge >= 0.3 is 6.09 Å². The zero-order chi connectivity index (χ0) is 19.2. The smallest absolute Gasteiger partial charge is 0.413 e. The van der Waals surface area contributed by atoms with Crippen LogP contribution in [0.3, 0.4) is 0 Å². The van der Waals surface area contributed by atoms with Gasteiger partial charge in [0.05, 0.1) is 18.8 Å². The molecule has 6 nitrogen and oxygen atoms in total. The second-order valence-corrected chi connectivity index (χ2v) is 8.69. The molecule has 3 rings (SSSR count). The number of carbonyl (C=O) groups excluding carboxylic acids is 2. The van der Waals surface area contributed by atoms with Crippen molar-refractivity contribution in [3.05, 3.63) is 10.6 Å². The summed E-state index contributed by atoms with van der Waals surface area (Å²) in [6.45, 7) is 5.69. The van der Waals surface area contributed by atoms with Gasteiger partial charge < -0.3 is 9.64 Å². The number of nitrogens with zero attached hydrogens (tertiary/aromatic N) is 2. The van der Waals surface area contributed by atoms with Crippen molar-refractivity contribution in [1.29, 1.82) is 0 Å². The van der Waals surface area contributed by atoms with Crippen LogP contribution in [0.25, 0.3) is 0 Å². The van der Waals surface area contributed by atoms with E-state index in [4.69, 9.17) is 4.74 Å². The second kappa shape index (κ2) is 9.53. The van der Waals surface area contributed by atoms with E-state index in [-0.39, 0.29) is 5.92 Å². The van der Waals surface area contributed by atoms with Crippen LogP contribution in [0.1, 0.15) is 69.4 Å². The Morgan fingerprint density at radius 1 is 1.26 bits per heavy atom. The lowest BCUT2D eigenvalue weighted by Gasteiger charge is -2.33. The third kappa shape index (κ3) is 5.21. The molecule has 0 atom stereocenters. The van der Waals surface area contributed by atoms with E-state index in [2.05, 4.69) is 17.2 Å². The molecule has 0 aromatic carbocycles. The Hall–Kier alpha value is -1.63. The van der Waals surface area contributed by atoms with Crippen LogP contribution in [0.15, 0.2) is 0 Å². The Bertz CT molecular complexity index is 653. The van der Waals surface area contributed by atoms with E-state index in [1.807, 2.05) is 4.90 Å². The lowest BCUT2D eigenvalue weighted by atomic mass is 9.79. The van der Waals surface area contributed by atoms with Crippen molar-refractivity contribution in [2.24, 2.45) is 11.8 Å². The van der Waals surface area contributed by atoms with Crippen molar-refractivity contribution in [2.75, 3.05) is 18.5 Å². The molecule has 2 heterocycles. The van der Waals surface area contributed by atoms with Crippen LogP contribution < -0.4 is 5.32 Å². The summed E-state index contributed by atoms with van der Waals surface area (Å²) in [6.07, 6.45) is 8.64. The van der Waals surface area contributed by atoms with Crippen molar-refractivity contribution >= 4 is 28.5 Å². The number of aromatic nitrogens is 1. The molecule has 0 radical (unpaired) electrons. The highest BCUT2D eigenvalue weighted by Crippen LogP contribution is 2.35. The summed E-state index contributed by atoms with van der Waals surface area (Å²) in [4.78, 5) is 32.1. The van der Waals surface area contributed by atoms with Crippen molar-refractivity contribution in [1.82, 2.24) is 9.88 Å². The van der Waals surface area contributed by atoms with E-state index in [9.17, 15) is 9.59 Å². The predicted molar refractivity (Wildman–Crippen MR) is 107 cm³/mol. The molecule has 0 spiro atoms. The molecule has 0 unspecified atom stereocenters. The predicted octanol–water partition coefficient (Wildman–Crippen LogP) is 4.59. The molecule has 150 valence electrons. The fraction of sp³-hybridized carbons (Fsp3) is 0.750.